The third-order valence-electron chi connectivity index (χ3n) is 2.73. The van der Waals surface area contributed by atoms with Crippen molar-refractivity contribution in [3.05, 3.63) is 0 Å². The van der Waals surface area contributed by atoms with E-state index in [0.29, 0.717) is 0 Å². The molecule has 0 radical (unpaired) electrons. The van der Waals surface area contributed by atoms with Crippen LogP contribution in [-0.4, -0.2) is 66.9 Å². The molecule has 2 amide bonds. The van der Waals surface area contributed by atoms with E-state index < -0.39 is 18.0 Å². The Morgan fingerprint density at radius 2 is 1.89 bits per heavy atom. The maximum Gasteiger partial charge on any atom is 0.325 e. The van der Waals surface area contributed by atoms with E-state index in [0.717, 1.165) is 32.8 Å². The fourth-order valence-electron chi connectivity index (χ4n) is 1.74. The molecule has 0 saturated carbocycles. The van der Waals surface area contributed by atoms with Crippen LogP contribution in [0.25, 0.3) is 0 Å². The molecule has 0 aromatic rings. The molecule has 7 nitrogen and oxygen atoms in total. The van der Waals surface area contributed by atoms with Gasteiger partial charge in [-0.2, -0.15) is 0 Å². The maximum absolute atomic E-state index is 11.5. The summed E-state index contributed by atoms with van der Waals surface area (Å²) in [6.45, 7) is 7.20. The molecule has 104 valence electrons. The molecule has 2 atom stereocenters. The minimum Gasteiger partial charge on any atom is -0.480 e. The van der Waals surface area contributed by atoms with E-state index in [2.05, 4.69) is 15.5 Å². The number of hydrogen-bond acceptors (Lipinski definition) is 4. The smallest absolute Gasteiger partial charge is 0.325 e. The Labute approximate surface area is 106 Å². The number of carbonyl (C=O) groups excluding carboxylic acids is 1. The van der Waals surface area contributed by atoms with E-state index in [1.807, 2.05) is 6.92 Å². The van der Waals surface area contributed by atoms with Gasteiger partial charge >= 0.3 is 12.0 Å². The van der Waals surface area contributed by atoms with Crippen molar-refractivity contribution in [3.63, 3.8) is 0 Å². The lowest BCUT2D eigenvalue weighted by Gasteiger charge is -2.29. The Kier molecular flexibility index (Phi) is 5.87. The average molecular weight is 259 g/mol. The average Bonchev–Trinajstić information content (AvgIpc) is 2.29. The SMILES string of the molecule is CC(CN1CCOCC1)NC(=O)N[C@@H](C)C(=O)O. The van der Waals surface area contributed by atoms with Gasteiger partial charge in [-0.15, -0.1) is 0 Å². The van der Waals surface area contributed by atoms with Gasteiger partial charge in [-0.1, -0.05) is 0 Å². The van der Waals surface area contributed by atoms with Crippen molar-refractivity contribution in [1.82, 2.24) is 15.5 Å². The van der Waals surface area contributed by atoms with Gasteiger partial charge in [0.1, 0.15) is 6.04 Å². The standard InChI is InChI=1S/C11H21N3O4/c1-8(7-14-3-5-18-6-4-14)12-11(17)13-9(2)10(15)16/h8-9H,3-7H2,1-2H3,(H,15,16)(H2,12,13,17)/t8?,9-/m0/s1. The van der Waals surface area contributed by atoms with E-state index in [1.54, 1.807) is 0 Å². The van der Waals surface area contributed by atoms with Gasteiger partial charge < -0.3 is 20.5 Å². The predicted octanol–water partition coefficient (Wildman–Crippen LogP) is -0.521. The first kappa shape index (κ1) is 14.7. The number of aliphatic carboxylic acids is 1. The predicted molar refractivity (Wildman–Crippen MR) is 65.5 cm³/mol. The monoisotopic (exact) mass is 259 g/mol. The number of carbonyl (C=O) groups is 2. The summed E-state index contributed by atoms with van der Waals surface area (Å²) in [7, 11) is 0. The van der Waals surface area contributed by atoms with Crippen molar-refractivity contribution < 1.29 is 19.4 Å². The molecule has 0 bridgehead atoms. The molecule has 1 unspecified atom stereocenters. The molecule has 3 N–H and O–H groups in total. The number of nitrogens with one attached hydrogen (secondary N) is 2. The normalized spacial score (nSPS) is 19.9. The molecule has 0 aliphatic carbocycles. The highest BCUT2D eigenvalue weighted by Crippen LogP contribution is 1.98. The summed E-state index contributed by atoms with van der Waals surface area (Å²) in [5, 5.41) is 13.7. The Balaban J connectivity index is 2.24. The van der Waals surface area contributed by atoms with E-state index in [9.17, 15) is 9.59 Å². The zero-order valence-electron chi connectivity index (χ0n) is 10.8. The fourth-order valence-corrected chi connectivity index (χ4v) is 1.74. The zero-order chi connectivity index (χ0) is 13.5. The number of carboxylic acid groups (broad SMARTS) is 1. The molecule has 0 spiro atoms. The molecule has 1 aliphatic rings. The summed E-state index contributed by atoms with van der Waals surface area (Å²) in [5.74, 6) is -1.05. The van der Waals surface area contributed by atoms with Gasteiger partial charge in [-0.25, -0.2) is 4.79 Å². The number of rotatable bonds is 5. The summed E-state index contributed by atoms with van der Waals surface area (Å²) in [6.07, 6.45) is 0. The first-order valence-electron chi connectivity index (χ1n) is 6.09. The van der Waals surface area contributed by atoms with Gasteiger partial charge in [0, 0.05) is 25.7 Å². The van der Waals surface area contributed by atoms with Crippen LogP contribution in [0, 0.1) is 0 Å². The Hall–Kier alpha value is -1.34. The second-order valence-corrected chi connectivity index (χ2v) is 4.49. The molecule has 1 aliphatic heterocycles. The van der Waals surface area contributed by atoms with Crippen LogP contribution in [0.1, 0.15) is 13.8 Å². The van der Waals surface area contributed by atoms with Gasteiger partial charge in [-0.3, -0.25) is 9.69 Å². The van der Waals surface area contributed by atoms with Crippen molar-refractivity contribution in [2.45, 2.75) is 25.9 Å². The van der Waals surface area contributed by atoms with E-state index in [4.69, 9.17) is 9.84 Å². The Morgan fingerprint density at radius 1 is 1.28 bits per heavy atom. The molecule has 1 rings (SSSR count). The molecular formula is C11H21N3O4. The topological polar surface area (TPSA) is 90.9 Å². The number of ether oxygens (including phenoxy) is 1. The number of hydrogen-bond donors (Lipinski definition) is 3. The van der Waals surface area contributed by atoms with Gasteiger partial charge in [0.05, 0.1) is 13.2 Å². The number of urea groups is 1. The molecule has 7 heteroatoms. The summed E-state index contributed by atoms with van der Waals surface area (Å²) in [6, 6.07) is -1.38. The molecule has 1 heterocycles. The van der Waals surface area contributed by atoms with Gasteiger partial charge in [0.25, 0.3) is 0 Å². The van der Waals surface area contributed by atoms with Crippen molar-refractivity contribution in [1.29, 1.82) is 0 Å². The lowest BCUT2D eigenvalue weighted by Crippen LogP contribution is -2.51. The third kappa shape index (κ3) is 5.33. The summed E-state index contributed by atoms with van der Waals surface area (Å²) in [4.78, 5) is 24.3. The van der Waals surface area contributed by atoms with Crippen LogP contribution in [0.3, 0.4) is 0 Å². The lowest BCUT2D eigenvalue weighted by atomic mass is 10.3. The molecule has 18 heavy (non-hydrogen) atoms. The second kappa shape index (κ2) is 7.17. The van der Waals surface area contributed by atoms with Crippen LogP contribution in [-0.2, 0) is 9.53 Å². The van der Waals surface area contributed by atoms with Crippen molar-refractivity contribution in [2.24, 2.45) is 0 Å². The highest BCUT2D eigenvalue weighted by atomic mass is 16.5. The highest BCUT2D eigenvalue weighted by molar-refractivity contribution is 5.82. The van der Waals surface area contributed by atoms with Crippen LogP contribution in [0.4, 0.5) is 4.79 Å². The minimum absolute atomic E-state index is 0.0379. The number of amides is 2. The third-order valence-corrected chi connectivity index (χ3v) is 2.73. The van der Waals surface area contributed by atoms with Crippen LogP contribution < -0.4 is 10.6 Å². The quantitative estimate of drug-likeness (QED) is 0.618. The highest BCUT2D eigenvalue weighted by Gasteiger charge is 2.17. The summed E-state index contributed by atoms with van der Waals surface area (Å²) < 4.78 is 5.23. The van der Waals surface area contributed by atoms with Crippen LogP contribution in [0.15, 0.2) is 0 Å². The molecule has 1 fully saturated rings. The number of nitrogens with zero attached hydrogens (tertiary/aromatic N) is 1. The summed E-state index contributed by atoms with van der Waals surface area (Å²) in [5.41, 5.74) is 0. The van der Waals surface area contributed by atoms with E-state index in [1.165, 1.54) is 6.92 Å². The zero-order valence-corrected chi connectivity index (χ0v) is 10.8. The molecule has 0 aromatic carbocycles. The maximum atomic E-state index is 11.5. The fraction of sp³-hybridized carbons (Fsp3) is 0.818. The van der Waals surface area contributed by atoms with Crippen LogP contribution in [0.5, 0.6) is 0 Å². The second-order valence-electron chi connectivity index (χ2n) is 4.49. The Bertz CT molecular complexity index is 292. The lowest BCUT2D eigenvalue weighted by molar-refractivity contribution is -0.138. The minimum atomic E-state index is -1.05. The van der Waals surface area contributed by atoms with Crippen LogP contribution >= 0.6 is 0 Å². The molecule has 1 saturated heterocycles. The summed E-state index contributed by atoms with van der Waals surface area (Å²) >= 11 is 0. The first-order valence-corrected chi connectivity index (χ1v) is 6.09. The first-order chi connectivity index (χ1) is 8.49. The number of morpholine rings is 1. The molecular weight excluding hydrogens is 238 g/mol. The van der Waals surface area contributed by atoms with Crippen molar-refractivity contribution in [2.75, 3.05) is 32.8 Å². The van der Waals surface area contributed by atoms with Crippen molar-refractivity contribution in [3.8, 4) is 0 Å². The van der Waals surface area contributed by atoms with Gasteiger partial charge in [-0.05, 0) is 13.8 Å². The number of carboxylic acids is 1. The van der Waals surface area contributed by atoms with E-state index >= 15 is 0 Å². The molecule has 0 aromatic heterocycles. The van der Waals surface area contributed by atoms with Crippen LogP contribution in [0.2, 0.25) is 0 Å². The van der Waals surface area contributed by atoms with Gasteiger partial charge in [0.15, 0.2) is 0 Å². The largest absolute Gasteiger partial charge is 0.480 e. The van der Waals surface area contributed by atoms with Gasteiger partial charge in [0.2, 0.25) is 0 Å². The Morgan fingerprint density at radius 3 is 2.44 bits per heavy atom. The van der Waals surface area contributed by atoms with E-state index in [-0.39, 0.29) is 6.04 Å². The van der Waals surface area contributed by atoms with Crippen molar-refractivity contribution >= 4 is 12.0 Å².